The van der Waals surface area contributed by atoms with E-state index in [1.54, 1.807) is 60.7 Å². The zero-order valence-electron chi connectivity index (χ0n) is 40.2. The molecule has 28 heteroatoms. The van der Waals surface area contributed by atoms with E-state index in [9.17, 15) is 95.8 Å². The second-order valence-corrected chi connectivity index (χ2v) is 18.8. The summed E-state index contributed by atoms with van der Waals surface area (Å²) in [5.41, 5.74) is 0.914. The Bertz CT molecular complexity index is 2180. The molecule has 0 saturated carbocycles. The third-order valence-electron chi connectivity index (χ3n) is 13.6. The maximum Gasteiger partial charge on any atom is 0.364 e. The monoisotopic (exact) mass is 1070 g/mol. The van der Waals surface area contributed by atoms with Crippen molar-refractivity contribution in [2.24, 2.45) is 0 Å². The van der Waals surface area contributed by atoms with Gasteiger partial charge in [0.2, 0.25) is 11.8 Å². The molecule has 4 heterocycles. The average Bonchev–Trinajstić information content (AvgIpc) is 3.38. The highest BCUT2D eigenvalue weighted by Gasteiger charge is 2.62. The van der Waals surface area contributed by atoms with E-state index in [1.165, 1.54) is 6.92 Å². The summed E-state index contributed by atoms with van der Waals surface area (Å²) in [6, 6.07) is 12.4. The van der Waals surface area contributed by atoms with E-state index in [0.717, 1.165) is 0 Å². The number of nitrogens with one attached hydrogen (secondary N) is 2. The lowest BCUT2D eigenvalue weighted by atomic mass is 9.87. The second kappa shape index (κ2) is 25.8. The quantitative estimate of drug-likeness (QED) is 0.0521. The Kier molecular flexibility index (Phi) is 20.5. The molecule has 6 rings (SSSR count). The van der Waals surface area contributed by atoms with Gasteiger partial charge in [0, 0.05) is 12.8 Å². The van der Waals surface area contributed by atoms with Gasteiger partial charge in [0.1, 0.15) is 85.5 Å². The van der Waals surface area contributed by atoms with Gasteiger partial charge in [-0.1, -0.05) is 60.7 Å². The van der Waals surface area contributed by atoms with Crippen molar-refractivity contribution in [2.45, 2.75) is 166 Å². The average molecular weight is 1080 g/mol. The predicted molar refractivity (Wildman–Crippen MR) is 244 cm³/mol. The number of benzene rings is 2. The molecule has 2 aromatic carbocycles. The SMILES string of the molecule is CC1OC(CO)C(OC2OC(CO)C(O)C(OC3(C(=O)O)CC(O)C(NC(=O)Cc4ccccc4)C(C(O)C(CO)OC4(C(=O)O)CC(O)C(NC(=O)Cc5ccccc5)C(C(O)C(O)CO)O4)O3)C2O)C(O)C1O. The number of aliphatic hydroxyl groups excluding tert-OH is 13. The Morgan fingerprint density at radius 1 is 0.627 bits per heavy atom. The number of carbonyl (C=O) groups is 4. The molecule has 22 atom stereocenters. The highest BCUT2D eigenvalue weighted by atomic mass is 16.8. The number of aliphatic hydroxyl groups is 13. The number of rotatable bonds is 22. The Morgan fingerprint density at radius 3 is 1.60 bits per heavy atom. The molecule has 17 N–H and O–H groups in total. The van der Waals surface area contributed by atoms with Gasteiger partial charge >= 0.3 is 11.9 Å². The molecule has 2 aromatic rings. The van der Waals surface area contributed by atoms with Crippen molar-refractivity contribution in [1.82, 2.24) is 10.6 Å². The van der Waals surface area contributed by atoms with E-state index in [2.05, 4.69) is 10.6 Å². The molecule has 420 valence electrons. The topological polar surface area (TPSA) is 460 Å². The number of amides is 2. The van der Waals surface area contributed by atoms with Crippen LogP contribution < -0.4 is 10.6 Å². The smallest absolute Gasteiger partial charge is 0.364 e. The highest BCUT2D eigenvalue weighted by molar-refractivity contribution is 5.80. The number of carboxylic acid groups (broad SMARTS) is 2. The third kappa shape index (κ3) is 13.4. The van der Waals surface area contributed by atoms with Crippen LogP contribution in [0.5, 0.6) is 0 Å². The lowest BCUT2D eigenvalue weighted by Crippen LogP contribution is -2.72. The van der Waals surface area contributed by atoms with Gasteiger partial charge in [-0.25, -0.2) is 9.59 Å². The van der Waals surface area contributed by atoms with Gasteiger partial charge in [0.15, 0.2) is 6.29 Å². The molecule has 0 radical (unpaired) electrons. The van der Waals surface area contributed by atoms with Crippen molar-refractivity contribution in [3.05, 3.63) is 71.8 Å². The number of hydrogen-bond acceptors (Lipinski definition) is 24. The Labute approximate surface area is 427 Å². The molecule has 4 aliphatic rings. The van der Waals surface area contributed by atoms with E-state index in [1.807, 2.05) is 0 Å². The highest BCUT2D eigenvalue weighted by Crippen LogP contribution is 2.40. The lowest BCUT2D eigenvalue weighted by Gasteiger charge is -2.51. The fraction of sp³-hybridized carbons (Fsp3) is 0.660. The van der Waals surface area contributed by atoms with Crippen LogP contribution in [0.15, 0.2) is 60.7 Å². The van der Waals surface area contributed by atoms with Crippen LogP contribution >= 0.6 is 0 Å². The molecule has 0 aliphatic carbocycles. The molecule has 4 fully saturated rings. The summed E-state index contributed by atoms with van der Waals surface area (Å²) >= 11 is 0. The molecule has 2 amide bonds. The zero-order chi connectivity index (χ0) is 55.1. The van der Waals surface area contributed by atoms with Gasteiger partial charge in [0.05, 0.1) is 69.7 Å². The van der Waals surface area contributed by atoms with Crippen LogP contribution in [-0.4, -0.2) is 260 Å². The van der Waals surface area contributed by atoms with Crippen LogP contribution in [0.1, 0.15) is 30.9 Å². The molecule has 4 aliphatic heterocycles. The Hall–Kier alpha value is -4.48. The fourth-order valence-corrected chi connectivity index (χ4v) is 9.53. The molecule has 0 aromatic heterocycles. The summed E-state index contributed by atoms with van der Waals surface area (Å²) in [5, 5.41) is 169. The maximum atomic E-state index is 13.6. The van der Waals surface area contributed by atoms with Crippen molar-refractivity contribution in [2.75, 3.05) is 26.4 Å². The first-order chi connectivity index (χ1) is 35.5. The molecule has 22 unspecified atom stereocenters. The van der Waals surface area contributed by atoms with E-state index in [-0.39, 0.29) is 6.42 Å². The lowest BCUT2D eigenvalue weighted by molar-refractivity contribution is -0.383. The fourth-order valence-electron chi connectivity index (χ4n) is 9.53. The summed E-state index contributed by atoms with van der Waals surface area (Å²) in [6.45, 7) is -3.11. The minimum Gasteiger partial charge on any atom is -0.477 e. The van der Waals surface area contributed by atoms with Crippen LogP contribution in [0.3, 0.4) is 0 Å². The third-order valence-corrected chi connectivity index (χ3v) is 13.6. The van der Waals surface area contributed by atoms with Gasteiger partial charge in [-0.05, 0) is 18.1 Å². The van der Waals surface area contributed by atoms with Crippen molar-refractivity contribution >= 4 is 23.8 Å². The maximum absolute atomic E-state index is 13.6. The number of aliphatic carboxylic acids is 2. The normalized spacial score (nSPS) is 37.8. The van der Waals surface area contributed by atoms with Crippen LogP contribution in [0, 0.1) is 0 Å². The first kappa shape index (κ1) is 59.8. The summed E-state index contributed by atoms with van der Waals surface area (Å²) in [7, 11) is 0. The Balaban J connectivity index is 1.34. The molecule has 0 bridgehead atoms. The molecule has 28 nitrogen and oxygen atoms in total. The first-order valence-corrected chi connectivity index (χ1v) is 23.9. The molecule has 4 saturated heterocycles. The molecular formula is C47H66N2O26. The van der Waals surface area contributed by atoms with Gasteiger partial charge in [-0.15, -0.1) is 0 Å². The van der Waals surface area contributed by atoms with Gasteiger partial charge in [0.25, 0.3) is 11.6 Å². The van der Waals surface area contributed by atoms with Crippen LogP contribution in [0.4, 0.5) is 0 Å². The van der Waals surface area contributed by atoms with Crippen molar-refractivity contribution in [3.63, 3.8) is 0 Å². The summed E-state index contributed by atoms with van der Waals surface area (Å²) in [5.74, 6) is -12.6. The van der Waals surface area contributed by atoms with E-state index in [4.69, 9.17) is 33.2 Å². The molecular weight excluding hydrogens is 1010 g/mol. The molecule has 0 spiro atoms. The summed E-state index contributed by atoms with van der Waals surface area (Å²) in [6.07, 6.45) is -39.5. The van der Waals surface area contributed by atoms with E-state index < -0.39 is 203 Å². The van der Waals surface area contributed by atoms with E-state index >= 15 is 0 Å². The number of carbonyl (C=O) groups excluding carboxylic acids is 2. The minimum absolute atomic E-state index is 0.301. The predicted octanol–water partition coefficient (Wildman–Crippen LogP) is -7.53. The Morgan fingerprint density at radius 2 is 1.12 bits per heavy atom. The van der Waals surface area contributed by atoms with Crippen LogP contribution in [0.2, 0.25) is 0 Å². The van der Waals surface area contributed by atoms with Crippen LogP contribution in [0.25, 0.3) is 0 Å². The van der Waals surface area contributed by atoms with Crippen molar-refractivity contribution in [1.29, 1.82) is 0 Å². The minimum atomic E-state index is -3.35. The number of carboxylic acids is 2. The second-order valence-electron chi connectivity index (χ2n) is 18.8. The van der Waals surface area contributed by atoms with Crippen LogP contribution in [-0.2, 0) is 65.2 Å². The van der Waals surface area contributed by atoms with Gasteiger partial charge in [-0.3, -0.25) is 9.59 Å². The summed E-state index contributed by atoms with van der Waals surface area (Å²) < 4.78 is 40.0. The number of hydrogen-bond donors (Lipinski definition) is 17. The zero-order valence-corrected chi connectivity index (χ0v) is 40.2. The number of ether oxygens (including phenoxy) is 7. The van der Waals surface area contributed by atoms with Gasteiger partial charge < -0.3 is 120 Å². The largest absolute Gasteiger partial charge is 0.477 e. The van der Waals surface area contributed by atoms with E-state index in [0.29, 0.717) is 11.1 Å². The van der Waals surface area contributed by atoms with Gasteiger partial charge in [-0.2, -0.15) is 0 Å². The van der Waals surface area contributed by atoms with Crippen molar-refractivity contribution in [3.8, 4) is 0 Å². The molecule has 75 heavy (non-hydrogen) atoms. The standard InChI is InChI=1S/C47H66N2O26/c1-20-33(59)37(63)39(28(19-53)69-20)71-43-38(64)42(35(61)26(17-51)70-43)75-47(45(67)68)15-24(55)32(49-30(58)13-22-10-6-3-7-11-22)41(74-47)36(62)27(18-52)72-46(44(65)66)14-23(54)31(40(73-46)34(60)25(56)16-50)48-29(57)12-21-8-4-2-5-9-21/h2-11,20,23-28,31-43,50-56,59-64H,12-19H2,1H3,(H,48,57)(H,49,58)(H,65,66)(H,67,68). The van der Waals surface area contributed by atoms with Crippen molar-refractivity contribution < 1.29 is 129 Å². The first-order valence-electron chi connectivity index (χ1n) is 23.9. The summed E-state index contributed by atoms with van der Waals surface area (Å²) in [4.78, 5) is 53.6.